The molecule has 0 saturated carbocycles. The summed E-state index contributed by atoms with van der Waals surface area (Å²) in [6.07, 6.45) is 10.0. The van der Waals surface area contributed by atoms with Gasteiger partial charge in [0, 0.05) is 56.2 Å². The van der Waals surface area contributed by atoms with Crippen molar-refractivity contribution < 1.29 is 4.74 Å². The highest BCUT2D eigenvalue weighted by molar-refractivity contribution is 5.80. The molecule has 0 spiro atoms. The quantitative estimate of drug-likeness (QED) is 0.467. The lowest BCUT2D eigenvalue weighted by Crippen LogP contribution is -2.22. The summed E-state index contributed by atoms with van der Waals surface area (Å²) in [4.78, 5) is 13.5. The fourth-order valence-electron chi connectivity index (χ4n) is 3.83. The van der Waals surface area contributed by atoms with Gasteiger partial charge in [-0.1, -0.05) is 13.0 Å². The van der Waals surface area contributed by atoms with Gasteiger partial charge in [-0.2, -0.15) is 5.10 Å². The topological polar surface area (TPSA) is 107 Å². The number of aliphatic imine (C=N–C) groups is 1. The van der Waals surface area contributed by atoms with Crippen LogP contribution in [0.5, 0.6) is 0 Å². The Morgan fingerprint density at radius 1 is 1.15 bits per heavy atom. The number of aryl methyl sites for hydroxylation is 1. The van der Waals surface area contributed by atoms with Crippen molar-refractivity contribution >= 4 is 23.6 Å². The van der Waals surface area contributed by atoms with Crippen LogP contribution < -0.4 is 5.32 Å². The maximum atomic E-state index is 5.65. The van der Waals surface area contributed by atoms with Crippen LogP contribution in [0.2, 0.25) is 0 Å². The number of pyridine rings is 1. The van der Waals surface area contributed by atoms with E-state index in [0.717, 1.165) is 34.1 Å². The van der Waals surface area contributed by atoms with Gasteiger partial charge >= 0.3 is 0 Å². The van der Waals surface area contributed by atoms with Gasteiger partial charge in [0.25, 0.3) is 0 Å². The minimum atomic E-state index is -0.110. The highest BCUT2D eigenvalue weighted by Crippen LogP contribution is 2.23. The second-order valence-electron chi connectivity index (χ2n) is 7.89. The van der Waals surface area contributed by atoms with Crippen LogP contribution in [-0.2, 0) is 18.2 Å². The Morgan fingerprint density at radius 2 is 2.06 bits per heavy atom. The number of anilines is 2. The zero-order valence-corrected chi connectivity index (χ0v) is 18.8. The smallest absolute Gasteiger partial charge is 0.228 e. The van der Waals surface area contributed by atoms with E-state index in [-0.39, 0.29) is 12.1 Å². The number of nitrogens with zero attached hydrogens (tertiary/aromatic N) is 8. The van der Waals surface area contributed by atoms with Crippen LogP contribution >= 0.6 is 0 Å². The summed E-state index contributed by atoms with van der Waals surface area (Å²) in [5, 5.41) is 16.1. The molecule has 4 aromatic heterocycles. The van der Waals surface area contributed by atoms with Crippen LogP contribution in [0, 0.1) is 5.92 Å². The lowest BCUT2D eigenvalue weighted by atomic mass is 10.0. The standard InChI is InChI=1S/C23H25N9O/c1-4-33-22-15(2)11-16(14-25-22)12-20-29-30-21-13-17(7-10-32(20)21)18-5-8-24-23(27-18)28-19-6-9-26-31(19)3/h5-11,13-15,22H,4,12H2,1-3H3,(H,24,27,28). The molecule has 1 aliphatic heterocycles. The van der Waals surface area contributed by atoms with Gasteiger partial charge in [0.15, 0.2) is 11.9 Å². The molecular formula is C23H25N9O. The van der Waals surface area contributed by atoms with E-state index in [9.17, 15) is 0 Å². The maximum Gasteiger partial charge on any atom is 0.228 e. The predicted molar refractivity (Wildman–Crippen MR) is 125 cm³/mol. The first-order valence-electron chi connectivity index (χ1n) is 10.9. The molecule has 1 aliphatic rings. The second-order valence-corrected chi connectivity index (χ2v) is 7.89. The molecule has 10 heteroatoms. The van der Waals surface area contributed by atoms with Crippen LogP contribution in [0.25, 0.3) is 16.9 Å². The average Bonchev–Trinajstić information content (AvgIpc) is 3.41. The molecule has 168 valence electrons. The molecule has 0 amide bonds. The van der Waals surface area contributed by atoms with Crippen LogP contribution in [-0.4, -0.2) is 53.4 Å². The largest absolute Gasteiger partial charge is 0.356 e. The van der Waals surface area contributed by atoms with Crippen LogP contribution in [0.4, 0.5) is 11.8 Å². The van der Waals surface area contributed by atoms with Gasteiger partial charge in [-0.15, -0.1) is 10.2 Å². The first kappa shape index (κ1) is 21.0. The number of fused-ring (bicyclic) bond motifs is 1. The van der Waals surface area contributed by atoms with Crippen molar-refractivity contribution in [2.45, 2.75) is 26.5 Å². The van der Waals surface area contributed by atoms with E-state index in [1.807, 2.05) is 55.0 Å². The lowest BCUT2D eigenvalue weighted by molar-refractivity contribution is 0.0444. The summed E-state index contributed by atoms with van der Waals surface area (Å²) in [7, 11) is 1.86. The summed E-state index contributed by atoms with van der Waals surface area (Å²) < 4.78 is 9.37. The van der Waals surface area contributed by atoms with Gasteiger partial charge < -0.3 is 10.1 Å². The van der Waals surface area contributed by atoms with Crippen molar-refractivity contribution in [3.05, 3.63) is 60.3 Å². The summed E-state index contributed by atoms with van der Waals surface area (Å²) in [5.74, 6) is 2.40. The first-order valence-corrected chi connectivity index (χ1v) is 10.9. The third-order valence-electron chi connectivity index (χ3n) is 5.51. The molecule has 5 heterocycles. The number of dihydropyridines is 1. The second kappa shape index (κ2) is 8.91. The third kappa shape index (κ3) is 4.37. The van der Waals surface area contributed by atoms with Crippen LogP contribution in [0.15, 0.2) is 59.5 Å². The van der Waals surface area contributed by atoms with Crippen molar-refractivity contribution in [1.82, 2.24) is 34.3 Å². The van der Waals surface area contributed by atoms with Gasteiger partial charge in [0.1, 0.15) is 11.6 Å². The van der Waals surface area contributed by atoms with Crippen molar-refractivity contribution in [1.29, 1.82) is 0 Å². The highest BCUT2D eigenvalue weighted by atomic mass is 16.5. The SMILES string of the molecule is CCOC1N=CC(Cc2nnc3cc(-c4ccnc(Nc5ccnn5C)n4)ccn23)=CC1C. The molecule has 1 N–H and O–H groups in total. The first-order chi connectivity index (χ1) is 16.1. The highest BCUT2D eigenvalue weighted by Gasteiger charge is 2.19. The Labute approximate surface area is 191 Å². The zero-order valence-electron chi connectivity index (χ0n) is 18.8. The molecule has 2 atom stereocenters. The van der Waals surface area contributed by atoms with E-state index >= 15 is 0 Å². The minimum absolute atomic E-state index is 0.110. The maximum absolute atomic E-state index is 5.65. The molecule has 4 aromatic rings. The van der Waals surface area contributed by atoms with Crippen molar-refractivity contribution in [3.63, 3.8) is 0 Å². The Hall–Kier alpha value is -3.92. The summed E-state index contributed by atoms with van der Waals surface area (Å²) in [6.45, 7) is 4.75. The number of aromatic nitrogens is 7. The van der Waals surface area contributed by atoms with Crippen LogP contribution in [0.3, 0.4) is 0 Å². The number of ether oxygens (including phenoxy) is 1. The number of hydrogen-bond donors (Lipinski definition) is 1. The molecule has 0 saturated heterocycles. The van der Waals surface area contributed by atoms with E-state index in [4.69, 9.17) is 4.74 Å². The molecule has 33 heavy (non-hydrogen) atoms. The molecule has 0 bridgehead atoms. The zero-order chi connectivity index (χ0) is 22.8. The summed E-state index contributed by atoms with van der Waals surface area (Å²) in [6, 6.07) is 7.72. The van der Waals surface area contributed by atoms with E-state index in [1.165, 1.54) is 0 Å². The van der Waals surface area contributed by atoms with E-state index in [2.05, 4.69) is 48.6 Å². The fourth-order valence-corrected chi connectivity index (χ4v) is 3.83. The van der Waals surface area contributed by atoms with Gasteiger partial charge in [0.2, 0.25) is 5.95 Å². The normalized spacial score (nSPS) is 18.0. The number of rotatable bonds is 7. The molecule has 10 nitrogen and oxygen atoms in total. The summed E-state index contributed by atoms with van der Waals surface area (Å²) in [5.41, 5.74) is 3.59. The van der Waals surface area contributed by atoms with E-state index in [1.54, 1.807) is 17.1 Å². The van der Waals surface area contributed by atoms with Crippen molar-refractivity contribution in [3.8, 4) is 11.3 Å². The van der Waals surface area contributed by atoms with Crippen molar-refractivity contribution in [2.24, 2.45) is 18.0 Å². The van der Waals surface area contributed by atoms with Gasteiger partial charge in [-0.3, -0.25) is 14.1 Å². The Bertz CT molecular complexity index is 1340. The molecule has 2 unspecified atom stereocenters. The average molecular weight is 444 g/mol. The molecule has 5 rings (SSSR count). The van der Waals surface area contributed by atoms with E-state index in [0.29, 0.717) is 19.0 Å². The Kier molecular flexibility index (Phi) is 5.66. The number of nitrogens with one attached hydrogen (secondary N) is 1. The third-order valence-corrected chi connectivity index (χ3v) is 5.51. The Balaban J connectivity index is 1.36. The molecule has 0 aliphatic carbocycles. The van der Waals surface area contributed by atoms with Gasteiger partial charge in [-0.25, -0.2) is 9.97 Å². The predicted octanol–water partition coefficient (Wildman–Crippen LogP) is 3.22. The molecule has 0 aromatic carbocycles. The monoisotopic (exact) mass is 443 g/mol. The number of allylic oxidation sites excluding steroid dienone is 1. The van der Waals surface area contributed by atoms with Crippen molar-refractivity contribution in [2.75, 3.05) is 11.9 Å². The van der Waals surface area contributed by atoms with E-state index < -0.39 is 0 Å². The Morgan fingerprint density at radius 3 is 2.85 bits per heavy atom. The van der Waals surface area contributed by atoms with Crippen LogP contribution in [0.1, 0.15) is 19.7 Å². The molecule has 0 radical (unpaired) electrons. The minimum Gasteiger partial charge on any atom is -0.356 e. The fraction of sp³-hybridized carbons (Fsp3) is 0.304. The molecular weight excluding hydrogens is 418 g/mol. The molecule has 0 fully saturated rings. The van der Waals surface area contributed by atoms with Gasteiger partial charge in [-0.05, 0) is 30.7 Å². The summed E-state index contributed by atoms with van der Waals surface area (Å²) >= 11 is 0. The lowest BCUT2D eigenvalue weighted by Gasteiger charge is -2.21. The van der Waals surface area contributed by atoms with Gasteiger partial charge in [0.05, 0.1) is 11.9 Å². The number of hydrogen-bond acceptors (Lipinski definition) is 8.